The highest BCUT2D eigenvalue weighted by Crippen LogP contribution is 2.42. The zero-order chi connectivity index (χ0) is 25.2. The minimum absolute atomic E-state index is 0.0449. The van der Waals surface area contributed by atoms with E-state index >= 15 is 4.39 Å². The van der Waals surface area contributed by atoms with Gasteiger partial charge in [0.05, 0.1) is 18.5 Å². The van der Waals surface area contributed by atoms with E-state index < -0.39 is 26.8 Å². The fourth-order valence-electron chi connectivity index (χ4n) is 3.47. The van der Waals surface area contributed by atoms with Gasteiger partial charge in [0.25, 0.3) is 0 Å². The third-order valence-electron chi connectivity index (χ3n) is 5.49. The average Bonchev–Trinajstić information content (AvgIpc) is 3.61. The van der Waals surface area contributed by atoms with Crippen LogP contribution in [0.2, 0.25) is 0 Å². The molecule has 0 unspecified atom stereocenters. The maximum Gasteiger partial charge on any atom is 0.407 e. The molecule has 1 amide bonds. The molecule has 4 N–H and O–H groups in total. The molecule has 0 aliphatic heterocycles. The van der Waals surface area contributed by atoms with Crippen molar-refractivity contribution in [1.29, 1.82) is 0 Å². The fourth-order valence-corrected chi connectivity index (χ4v) is 4.30. The number of benzene rings is 1. The lowest BCUT2D eigenvalue weighted by atomic mass is 10.1. The van der Waals surface area contributed by atoms with Gasteiger partial charge in [-0.25, -0.2) is 37.3 Å². The van der Waals surface area contributed by atoms with Crippen LogP contribution in [0.3, 0.4) is 0 Å². The Bertz CT molecular complexity index is 1340. The third kappa shape index (κ3) is 5.41. The number of hydrogen-bond acceptors (Lipinski definition) is 8. The summed E-state index contributed by atoms with van der Waals surface area (Å²) in [6.07, 6.45) is 2.92. The van der Waals surface area contributed by atoms with Gasteiger partial charge in [0.2, 0.25) is 16.0 Å². The molecule has 2 heterocycles. The number of sulfonamides is 1. The minimum Gasteiger partial charge on any atom is -0.453 e. The van der Waals surface area contributed by atoms with Crippen molar-refractivity contribution < 1.29 is 22.3 Å². The highest BCUT2D eigenvalue weighted by Gasteiger charge is 2.30. The lowest BCUT2D eigenvalue weighted by Gasteiger charge is -2.14. The smallest absolute Gasteiger partial charge is 0.407 e. The predicted octanol–water partition coefficient (Wildman–Crippen LogP) is 2.61. The molecule has 0 saturated heterocycles. The van der Waals surface area contributed by atoms with Crippen LogP contribution in [0, 0.1) is 5.82 Å². The molecule has 11 nitrogen and oxygen atoms in total. The number of alkyl carbamates (subject to hydrolysis) is 1. The summed E-state index contributed by atoms with van der Waals surface area (Å²) < 4.78 is 46.7. The molecule has 1 saturated carbocycles. The summed E-state index contributed by atoms with van der Waals surface area (Å²) in [6.45, 7) is 2.12. The van der Waals surface area contributed by atoms with Crippen LogP contribution in [-0.4, -0.2) is 61.2 Å². The van der Waals surface area contributed by atoms with Crippen molar-refractivity contribution >= 4 is 22.1 Å². The summed E-state index contributed by atoms with van der Waals surface area (Å²) >= 11 is 0. The second-order valence-electron chi connectivity index (χ2n) is 8.13. The quantitative estimate of drug-likeness (QED) is 0.348. The van der Waals surface area contributed by atoms with E-state index in [0.717, 1.165) is 12.8 Å². The number of nitrogens with zero attached hydrogens (tertiary/aromatic N) is 3. The lowest BCUT2D eigenvalue weighted by molar-refractivity contribution is 0.168. The fraction of sp³-hybridized carbons (Fsp3) is 0.364. The number of methoxy groups -OCH3 is 1. The van der Waals surface area contributed by atoms with Crippen molar-refractivity contribution in [3.63, 3.8) is 0 Å². The number of imidazole rings is 1. The Morgan fingerprint density at radius 2 is 2.06 bits per heavy atom. The zero-order valence-corrected chi connectivity index (χ0v) is 20.2. The zero-order valence-electron chi connectivity index (χ0n) is 19.4. The van der Waals surface area contributed by atoms with E-state index in [2.05, 4.69) is 40.0 Å². The normalized spacial score (nSPS) is 14.4. The molecule has 1 atom stereocenters. The molecule has 4 rings (SSSR count). The van der Waals surface area contributed by atoms with Crippen LogP contribution in [0.15, 0.2) is 35.4 Å². The first-order valence-electron chi connectivity index (χ1n) is 11.0. The number of carbonyl (C=O) groups is 1. The molecular weight excluding hydrogens is 477 g/mol. The Morgan fingerprint density at radius 3 is 2.74 bits per heavy atom. The van der Waals surface area contributed by atoms with Gasteiger partial charge in [0, 0.05) is 30.3 Å². The molecular formula is C22H26FN7O4S. The largest absolute Gasteiger partial charge is 0.453 e. The summed E-state index contributed by atoms with van der Waals surface area (Å²) in [7, 11) is -1.49. The van der Waals surface area contributed by atoms with Crippen LogP contribution in [0.5, 0.6) is 0 Å². The monoisotopic (exact) mass is 503 g/mol. The average molecular weight is 504 g/mol. The summed E-state index contributed by atoms with van der Waals surface area (Å²) in [5, 5.41) is 5.68. The van der Waals surface area contributed by atoms with E-state index in [1.54, 1.807) is 19.2 Å². The Kier molecular flexibility index (Phi) is 6.98. The van der Waals surface area contributed by atoms with Gasteiger partial charge in [-0.15, -0.1) is 0 Å². The summed E-state index contributed by atoms with van der Waals surface area (Å²) in [6, 6.07) is 5.56. The molecule has 13 heteroatoms. The number of anilines is 1. The molecule has 35 heavy (non-hydrogen) atoms. The van der Waals surface area contributed by atoms with Crippen molar-refractivity contribution in [1.82, 2.24) is 30.0 Å². The maximum atomic E-state index is 15.4. The van der Waals surface area contributed by atoms with Crippen LogP contribution in [0.4, 0.5) is 15.1 Å². The van der Waals surface area contributed by atoms with Crippen LogP contribution in [0.25, 0.3) is 22.6 Å². The Balaban J connectivity index is 1.69. The van der Waals surface area contributed by atoms with Gasteiger partial charge in [-0.3, -0.25) is 0 Å². The van der Waals surface area contributed by atoms with Gasteiger partial charge in [0.15, 0.2) is 5.82 Å². The van der Waals surface area contributed by atoms with Crippen molar-refractivity contribution in [3.05, 3.63) is 42.1 Å². The number of ether oxygens (including phenoxy) is 1. The van der Waals surface area contributed by atoms with Gasteiger partial charge in [-0.1, -0.05) is 6.07 Å². The van der Waals surface area contributed by atoms with E-state index in [0.29, 0.717) is 29.7 Å². The highest BCUT2D eigenvalue weighted by molar-refractivity contribution is 7.89. The first-order valence-corrected chi connectivity index (χ1v) is 12.5. The summed E-state index contributed by atoms with van der Waals surface area (Å²) in [4.78, 5) is 27.5. The standard InChI is InChI=1S/C22H26FN7O4S/c1-12(27-22(31)34-3)11-26-21-25-10-9-15(28-21)19-18(29-20(30-19)13-7-8-13)14-5-4-6-16(17(14)23)35(32,33)24-2/h4-6,9-10,12-13,24H,7-8,11H2,1-3H3,(H,27,31)(H,29,30)(H,25,26,28)/t12-/m0/s1. The van der Waals surface area contributed by atoms with Crippen molar-refractivity contribution in [2.75, 3.05) is 26.0 Å². The van der Waals surface area contributed by atoms with Crippen LogP contribution in [-0.2, 0) is 14.8 Å². The Hall–Kier alpha value is -3.58. The van der Waals surface area contributed by atoms with Crippen molar-refractivity contribution in [2.45, 2.75) is 36.6 Å². The Morgan fingerprint density at radius 1 is 1.29 bits per heavy atom. The first-order chi connectivity index (χ1) is 16.7. The van der Waals surface area contributed by atoms with E-state index in [1.807, 2.05) is 0 Å². The molecule has 0 bridgehead atoms. The third-order valence-corrected chi connectivity index (χ3v) is 6.92. The summed E-state index contributed by atoms with van der Waals surface area (Å²) in [5.74, 6) is 0.327. The van der Waals surface area contributed by atoms with Gasteiger partial charge in [-0.2, -0.15) is 0 Å². The predicted molar refractivity (Wildman–Crippen MR) is 127 cm³/mol. The van der Waals surface area contributed by atoms with Crippen LogP contribution >= 0.6 is 0 Å². The second kappa shape index (κ2) is 9.96. The molecule has 2 aromatic heterocycles. The van der Waals surface area contributed by atoms with Gasteiger partial charge in [-0.05, 0) is 45.0 Å². The number of aromatic amines is 1. The number of halogens is 1. The number of hydrogen-bond donors (Lipinski definition) is 4. The molecule has 1 aliphatic rings. The van der Waals surface area contributed by atoms with E-state index in [9.17, 15) is 13.2 Å². The van der Waals surface area contributed by atoms with E-state index in [1.165, 1.54) is 32.4 Å². The Labute approximate surface area is 202 Å². The van der Waals surface area contributed by atoms with Gasteiger partial charge >= 0.3 is 6.09 Å². The van der Waals surface area contributed by atoms with Crippen molar-refractivity contribution in [2.24, 2.45) is 0 Å². The van der Waals surface area contributed by atoms with E-state index in [-0.39, 0.29) is 23.2 Å². The molecule has 1 fully saturated rings. The molecule has 0 radical (unpaired) electrons. The number of nitrogens with one attached hydrogen (secondary N) is 4. The number of rotatable bonds is 9. The van der Waals surface area contributed by atoms with Crippen molar-refractivity contribution in [3.8, 4) is 22.6 Å². The SMILES string of the molecule is CNS(=O)(=O)c1cccc(-c2nc(C3CC3)[nH]c2-c2ccnc(NC[C@H](C)NC(=O)OC)n2)c1F. The number of amides is 1. The number of aromatic nitrogens is 4. The molecule has 1 aliphatic carbocycles. The lowest BCUT2D eigenvalue weighted by Crippen LogP contribution is -2.37. The minimum atomic E-state index is -4.00. The molecule has 3 aromatic rings. The van der Waals surface area contributed by atoms with Crippen LogP contribution < -0.4 is 15.4 Å². The number of carbonyl (C=O) groups excluding carboxylic acids is 1. The second-order valence-corrected chi connectivity index (χ2v) is 9.98. The first kappa shape index (κ1) is 24.5. The van der Waals surface area contributed by atoms with Crippen LogP contribution in [0.1, 0.15) is 31.5 Å². The van der Waals surface area contributed by atoms with E-state index in [4.69, 9.17) is 0 Å². The highest BCUT2D eigenvalue weighted by atomic mass is 32.2. The van der Waals surface area contributed by atoms with Gasteiger partial charge in [0.1, 0.15) is 16.4 Å². The molecule has 1 aromatic carbocycles. The molecule has 0 spiro atoms. The number of H-pyrrole nitrogens is 1. The van der Waals surface area contributed by atoms with Gasteiger partial charge < -0.3 is 20.4 Å². The molecule has 186 valence electrons. The topological polar surface area (TPSA) is 151 Å². The summed E-state index contributed by atoms with van der Waals surface area (Å²) in [5.41, 5.74) is 1.22. The maximum absolute atomic E-state index is 15.4.